The molecule has 222 valence electrons. The van der Waals surface area contributed by atoms with Crippen LogP contribution in [-0.4, -0.2) is 40.8 Å². The van der Waals surface area contributed by atoms with Gasteiger partial charge < -0.3 is 25.0 Å². The molecule has 1 aliphatic carbocycles. The van der Waals surface area contributed by atoms with Gasteiger partial charge in [-0.3, -0.25) is 4.90 Å². The van der Waals surface area contributed by atoms with Crippen molar-refractivity contribution in [3.63, 3.8) is 0 Å². The molecule has 1 aliphatic rings. The Kier molecular flexibility index (Phi) is 9.63. The molecule has 3 N–H and O–H groups in total. The van der Waals surface area contributed by atoms with Crippen LogP contribution in [0.1, 0.15) is 41.8 Å². The van der Waals surface area contributed by atoms with E-state index in [0.717, 1.165) is 49.2 Å². The highest BCUT2D eigenvalue weighted by atomic mass is 79.9. The maximum Gasteiger partial charge on any atom is 0.349 e. The number of thiophene rings is 1. The predicted molar refractivity (Wildman–Crippen MR) is 169 cm³/mol. The Morgan fingerprint density at radius 3 is 2.28 bits per heavy atom. The Balaban J connectivity index is 1.42. The highest BCUT2D eigenvalue weighted by molar-refractivity contribution is 9.10. The van der Waals surface area contributed by atoms with Crippen LogP contribution in [0, 0.1) is 0 Å². The summed E-state index contributed by atoms with van der Waals surface area (Å²) in [7, 11) is 0. The Morgan fingerprint density at radius 2 is 1.60 bits per heavy atom. The van der Waals surface area contributed by atoms with E-state index in [2.05, 4.69) is 21.2 Å². The van der Waals surface area contributed by atoms with Crippen molar-refractivity contribution in [3.8, 4) is 27.7 Å². The lowest BCUT2D eigenvalue weighted by atomic mass is 9.93. The number of aromatic carboxylic acids is 1. The first-order chi connectivity index (χ1) is 20.8. The number of urea groups is 1. The number of ether oxygens (including phenoxy) is 2. The predicted octanol–water partition coefficient (Wildman–Crippen LogP) is 8.50. The molecule has 1 aromatic heterocycles. The zero-order valence-electron chi connectivity index (χ0n) is 23.0. The number of benzene rings is 3. The largest absolute Gasteiger partial charge is 0.479 e. The topological polar surface area (TPSA) is 125 Å². The molecule has 4 aromatic rings. The van der Waals surface area contributed by atoms with Crippen LogP contribution in [0.25, 0.3) is 10.4 Å². The first-order valence-corrected chi connectivity index (χ1v) is 15.3. The van der Waals surface area contributed by atoms with Crippen LogP contribution in [0.5, 0.6) is 17.2 Å². The average Bonchev–Trinajstić information content (AvgIpc) is 3.34. The minimum atomic E-state index is -1.23. The van der Waals surface area contributed by atoms with Crippen LogP contribution in [0.2, 0.25) is 0 Å². The summed E-state index contributed by atoms with van der Waals surface area (Å²) in [5, 5.41) is 21.8. The van der Waals surface area contributed by atoms with E-state index in [1.807, 2.05) is 54.6 Å². The second-order valence-electron chi connectivity index (χ2n) is 9.97. The number of hydrogen-bond acceptors (Lipinski definition) is 6. The second kappa shape index (κ2) is 13.7. The van der Waals surface area contributed by atoms with Gasteiger partial charge in [-0.05, 0) is 82.9 Å². The number of halogens is 1. The Morgan fingerprint density at radius 1 is 0.907 bits per heavy atom. The fourth-order valence-corrected chi connectivity index (χ4v) is 6.92. The van der Waals surface area contributed by atoms with Gasteiger partial charge in [-0.2, -0.15) is 0 Å². The minimum Gasteiger partial charge on any atom is -0.479 e. The number of para-hydroxylation sites is 1. The van der Waals surface area contributed by atoms with Crippen molar-refractivity contribution in [1.29, 1.82) is 0 Å². The maximum atomic E-state index is 13.8. The first kappa shape index (κ1) is 30.1. The van der Waals surface area contributed by atoms with Gasteiger partial charge >= 0.3 is 18.0 Å². The summed E-state index contributed by atoms with van der Waals surface area (Å²) >= 11 is 4.39. The van der Waals surface area contributed by atoms with E-state index in [4.69, 9.17) is 14.6 Å². The Hall–Kier alpha value is -4.35. The van der Waals surface area contributed by atoms with Gasteiger partial charge in [-0.15, -0.1) is 11.3 Å². The lowest BCUT2D eigenvalue weighted by Crippen LogP contribution is -2.44. The van der Waals surface area contributed by atoms with Gasteiger partial charge in [0.05, 0.1) is 9.35 Å². The summed E-state index contributed by atoms with van der Waals surface area (Å²) in [6, 6.07) is 23.7. The van der Waals surface area contributed by atoms with Crippen LogP contribution >= 0.6 is 27.3 Å². The second-order valence-corrected chi connectivity index (χ2v) is 11.8. The normalized spacial score (nSPS) is 13.2. The van der Waals surface area contributed by atoms with Crippen molar-refractivity contribution in [2.45, 2.75) is 38.1 Å². The van der Waals surface area contributed by atoms with E-state index >= 15 is 0 Å². The third-order valence-corrected chi connectivity index (χ3v) is 9.20. The number of nitrogens with zero attached hydrogens (tertiary/aromatic N) is 1. The van der Waals surface area contributed by atoms with Gasteiger partial charge in [0.1, 0.15) is 11.5 Å². The fourth-order valence-electron chi connectivity index (χ4n) is 5.03. The zero-order valence-corrected chi connectivity index (χ0v) is 25.4. The number of anilines is 2. The van der Waals surface area contributed by atoms with E-state index in [1.54, 1.807) is 29.2 Å². The molecule has 0 aliphatic heterocycles. The molecule has 2 amide bonds. The maximum absolute atomic E-state index is 13.8. The number of hydrogen-bond donors (Lipinski definition) is 3. The molecular weight excluding hydrogens is 636 g/mol. The van der Waals surface area contributed by atoms with Crippen LogP contribution in [0.4, 0.5) is 16.2 Å². The fraction of sp³-hybridized carbons (Fsp3) is 0.219. The van der Waals surface area contributed by atoms with Gasteiger partial charge in [0, 0.05) is 17.4 Å². The van der Waals surface area contributed by atoms with Gasteiger partial charge in [0.25, 0.3) is 0 Å². The smallest absolute Gasteiger partial charge is 0.349 e. The Bertz CT molecular complexity index is 1600. The van der Waals surface area contributed by atoms with E-state index in [0.29, 0.717) is 32.0 Å². The summed E-state index contributed by atoms with van der Waals surface area (Å²) < 4.78 is 11.5. The SMILES string of the molecule is O=C(O)COc1c(C(=O)O)sc(-c2cccc(N(C(=O)Nc3ccc(Oc4ccccc4)cc3)C3CCCCC3)c2)c1Br. The molecule has 0 atom stereocenters. The molecule has 11 heteroatoms. The molecule has 1 saturated carbocycles. The highest BCUT2D eigenvalue weighted by Crippen LogP contribution is 2.46. The molecule has 9 nitrogen and oxygen atoms in total. The zero-order chi connectivity index (χ0) is 30.3. The first-order valence-electron chi connectivity index (χ1n) is 13.7. The molecule has 5 rings (SSSR count). The highest BCUT2D eigenvalue weighted by Gasteiger charge is 2.29. The number of carbonyl (C=O) groups excluding carboxylic acids is 1. The van der Waals surface area contributed by atoms with Gasteiger partial charge in [-0.1, -0.05) is 49.6 Å². The summed E-state index contributed by atoms with van der Waals surface area (Å²) in [6.07, 6.45) is 4.87. The molecule has 0 saturated heterocycles. The number of carboxylic acids is 2. The van der Waals surface area contributed by atoms with Crippen molar-refractivity contribution in [3.05, 3.63) is 88.2 Å². The van der Waals surface area contributed by atoms with Crippen molar-refractivity contribution in [2.75, 3.05) is 16.8 Å². The molecule has 1 fully saturated rings. The molecule has 3 aromatic carbocycles. The van der Waals surface area contributed by atoms with Gasteiger partial charge in [0.2, 0.25) is 0 Å². The molecule has 0 spiro atoms. The number of aliphatic carboxylic acids is 1. The molecule has 43 heavy (non-hydrogen) atoms. The van der Waals surface area contributed by atoms with Crippen molar-refractivity contribution >= 4 is 56.6 Å². The molecule has 0 radical (unpaired) electrons. The summed E-state index contributed by atoms with van der Waals surface area (Å²) in [5.74, 6) is -1.12. The number of amides is 2. The number of rotatable bonds is 10. The van der Waals surface area contributed by atoms with Crippen LogP contribution in [0.3, 0.4) is 0 Å². The standard InChI is InChI=1S/C32H29BrN2O7S/c33-27-28(41-19-26(36)37)30(31(38)39)43-29(27)20-8-7-11-23(18-20)35(22-9-3-1-4-10-22)32(40)34-21-14-16-25(17-15-21)42-24-12-5-2-6-13-24/h2,5-8,11-18,22H,1,3-4,9-10,19H2,(H,34,40)(H,36,37)(H,38,39). The van der Waals surface area contributed by atoms with E-state index < -0.39 is 18.5 Å². The molecular formula is C32H29BrN2O7S. The van der Waals surface area contributed by atoms with Crippen LogP contribution in [-0.2, 0) is 4.79 Å². The lowest BCUT2D eigenvalue weighted by molar-refractivity contribution is -0.139. The minimum absolute atomic E-state index is 0.0134. The third-order valence-electron chi connectivity index (χ3n) is 6.97. The van der Waals surface area contributed by atoms with Crippen molar-refractivity contribution < 1.29 is 34.1 Å². The quantitative estimate of drug-likeness (QED) is 0.155. The number of carbonyl (C=O) groups is 3. The van der Waals surface area contributed by atoms with Crippen LogP contribution < -0.4 is 19.7 Å². The number of nitrogens with one attached hydrogen (secondary N) is 1. The average molecular weight is 666 g/mol. The number of carboxylic acid groups (broad SMARTS) is 2. The molecule has 0 bridgehead atoms. The van der Waals surface area contributed by atoms with Gasteiger partial charge in [0.15, 0.2) is 17.2 Å². The monoisotopic (exact) mass is 664 g/mol. The molecule has 1 heterocycles. The van der Waals surface area contributed by atoms with E-state index in [1.165, 1.54) is 0 Å². The van der Waals surface area contributed by atoms with E-state index in [9.17, 15) is 19.5 Å². The Labute approximate surface area is 260 Å². The van der Waals surface area contributed by atoms with Crippen molar-refractivity contribution in [1.82, 2.24) is 0 Å². The summed E-state index contributed by atoms with van der Waals surface area (Å²) in [5.41, 5.74) is 1.95. The summed E-state index contributed by atoms with van der Waals surface area (Å²) in [4.78, 5) is 39.0. The van der Waals surface area contributed by atoms with E-state index in [-0.39, 0.29) is 22.7 Å². The van der Waals surface area contributed by atoms with Crippen LogP contribution in [0.15, 0.2) is 83.3 Å². The summed E-state index contributed by atoms with van der Waals surface area (Å²) in [6.45, 7) is -0.677. The molecule has 0 unspecified atom stereocenters. The van der Waals surface area contributed by atoms with Gasteiger partial charge in [-0.25, -0.2) is 14.4 Å². The lowest BCUT2D eigenvalue weighted by Gasteiger charge is -2.34. The third kappa shape index (κ3) is 7.36. The van der Waals surface area contributed by atoms with Crippen molar-refractivity contribution in [2.24, 2.45) is 0 Å².